The van der Waals surface area contributed by atoms with Gasteiger partial charge in [0.2, 0.25) is 0 Å². The third kappa shape index (κ3) is 1.27. The van der Waals surface area contributed by atoms with E-state index in [0.717, 1.165) is 25.0 Å². The van der Waals surface area contributed by atoms with E-state index in [0.29, 0.717) is 11.1 Å². The highest BCUT2D eigenvalue weighted by Gasteiger charge is 2.32. The Kier molecular flexibility index (Phi) is 2.04. The maximum Gasteiger partial charge on any atom is 0.259 e. The average molecular weight is 217 g/mol. The number of nitrogens with one attached hydrogen (secondary N) is 1. The largest absolute Gasteiger partial charge is 0.374 e. The van der Waals surface area contributed by atoms with Gasteiger partial charge in [0, 0.05) is 6.61 Å². The van der Waals surface area contributed by atoms with E-state index in [1.54, 1.807) is 12.1 Å². The van der Waals surface area contributed by atoms with Crippen molar-refractivity contribution in [2.24, 2.45) is 0 Å². The third-order valence-corrected chi connectivity index (χ3v) is 3.07. The van der Waals surface area contributed by atoms with Crippen molar-refractivity contribution in [3.05, 3.63) is 34.9 Å². The molecule has 1 N–H and O–H groups in total. The van der Waals surface area contributed by atoms with E-state index in [-0.39, 0.29) is 17.9 Å². The SMILES string of the molecule is O=C1NC(=O)c2c1cccc2C1CCCO1. The molecule has 1 saturated heterocycles. The standard InChI is InChI=1S/C12H11NO3/c14-11-8-4-1-3-7(9-5-2-6-16-9)10(8)12(15)13-11/h1,3-4,9H,2,5-6H2,(H,13,14,15). The summed E-state index contributed by atoms with van der Waals surface area (Å²) in [5.41, 5.74) is 1.82. The number of carbonyl (C=O) groups is 2. The fraction of sp³-hybridized carbons (Fsp3) is 0.333. The smallest absolute Gasteiger partial charge is 0.259 e. The number of ether oxygens (including phenoxy) is 1. The molecule has 4 heteroatoms. The average Bonchev–Trinajstić information content (AvgIpc) is 2.88. The Labute approximate surface area is 92.6 Å². The molecule has 1 unspecified atom stereocenters. The maximum absolute atomic E-state index is 11.7. The number of fused-ring (bicyclic) bond motifs is 1. The van der Waals surface area contributed by atoms with Crippen LogP contribution in [-0.4, -0.2) is 18.4 Å². The van der Waals surface area contributed by atoms with Crippen LogP contribution in [0.4, 0.5) is 0 Å². The van der Waals surface area contributed by atoms with E-state index >= 15 is 0 Å². The number of hydrogen-bond acceptors (Lipinski definition) is 3. The molecule has 1 fully saturated rings. The minimum atomic E-state index is -0.306. The number of hydrogen-bond donors (Lipinski definition) is 1. The summed E-state index contributed by atoms with van der Waals surface area (Å²) in [5.74, 6) is -0.606. The lowest BCUT2D eigenvalue weighted by molar-refractivity contribution is 0.0872. The van der Waals surface area contributed by atoms with Gasteiger partial charge in [-0.15, -0.1) is 0 Å². The lowest BCUT2D eigenvalue weighted by atomic mass is 9.97. The van der Waals surface area contributed by atoms with E-state index in [9.17, 15) is 9.59 Å². The van der Waals surface area contributed by atoms with Crippen LogP contribution in [0.5, 0.6) is 0 Å². The minimum Gasteiger partial charge on any atom is -0.374 e. The molecule has 0 bridgehead atoms. The molecule has 0 aliphatic carbocycles. The van der Waals surface area contributed by atoms with E-state index in [1.165, 1.54) is 0 Å². The zero-order valence-corrected chi connectivity index (χ0v) is 8.66. The summed E-state index contributed by atoms with van der Waals surface area (Å²) in [7, 11) is 0. The molecule has 2 aliphatic heterocycles. The fourth-order valence-electron chi connectivity index (χ4n) is 2.34. The zero-order valence-electron chi connectivity index (χ0n) is 8.66. The molecule has 0 spiro atoms. The van der Waals surface area contributed by atoms with Gasteiger partial charge in [-0.1, -0.05) is 12.1 Å². The number of benzene rings is 1. The fourth-order valence-corrected chi connectivity index (χ4v) is 2.34. The first-order chi connectivity index (χ1) is 7.77. The van der Waals surface area contributed by atoms with Gasteiger partial charge in [-0.05, 0) is 24.5 Å². The van der Waals surface area contributed by atoms with Crippen molar-refractivity contribution < 1.29 is 14.3 Å². The van der Waals surface area contributed by atoms with Gasteiger partial charge in [0.1, 0.15) is 0 Å². The van der Waals surface area contributed by atoms with E-state index in [2.05, 4.69) is 5.32 Å². The van der Waals surface area contributed by atoms with Crippen molar-refractivity contribution >= 4 is 11.8 Å². The van der Waals surface area contributed by atoms with Crippen LogP contribution in [0.3, 0.4) is 0 Å². The number of imide groups is 1. The van der Waals surface area contributed by atoms with Gasteiger partial charge in [0.15, 0.2) is 0 Å². The molecule has 16 heavy (non-hydrogen) atoms. The van der Waals surface area contributed by atoms with Crippen molar-refractivity contribution in [1.82, 2.24) is 5.32 Å². The van der Waals surface area contributed by atoms with Gasteiger partial charge in [0.25, 0.3) is 11.8 Å². The van der Waals surface area contributed by atoms with Crippen LogP contribution < -0.4 is 5.32 Å². The topological polar surface area (TPSA) is 55.4 Å². The Morgan fingerprint density at radius 2 is 2.12 bits per heavy atom. The van der Waals surface area contributed by atoms with Crippen molar-refractivity contribution in [3.8, 4) is 0 Å². The van der Waals surface area contributed by atoms with Gasteiger partial charge in [0.05, 0.1) is 17.2 Å². The van der Waals surface area contributed by atoms with Crippen molar-refractivity contribution in [2.45, 2.75) is 18.9 Å². The summed E-state index contributed by atoms with van der Waals surface area (Å²) < 4.78 is 5.56. The second-order valence-corrected chi connectivity index (χ2v) is 4.05. The first-order valence-electron chi connectivity index (χ1n) is 5.37. The molecule has 82 valence electrons. The van der Waals surface area contributed by atoms with Gasteiger partial charge < -0.3 is 4.74 Å². The summed E-state index contributed by atoms with van der Waals surface area (Å²) >= 11 is 0. The second kappa shape index (κ2) is 3.42. The van der Waals surface area contributed by atoms with Crippen molar-refractivity contribution in [3.63, 3.8) is 0 Å². The predicted octanol–water partition coefficient (Wildman–Crippen LogP) is 1.42. The van der Waals surface area contributed by atoms with E-state index in [1.807, 2.05) is 6.07 Å². The highest BCUT2D eigenvalue weighted by atomic mass is 16.5. The molecule has 2 heterocycles. The molecule has 0 saturated carbocycles. The molecular weight excluding hydrogens is 206 g/mol. The first-order valence-corrected chi connectivity index (χ1v) is 5.37. The predicted molar refractivity (Wildman–Crippen MR) is 56.2 cm³/mol. The van der Waals surface area contributed by atoms with E-state index < -0.39 is 0 Å². The Hall–Kier alpha value is -1.68. The van der Waals surface area contributed by atoms with Crippen LogP contribution >= 0.6 is 0 Å². The van der Waals surface area contributed by atoms with Crippen LogP contribution in [0.2, 0.25) is 0 Å². The molecule has 0 radical (unpaired) electrons. The van der Waals surface area contributed by atoms with Crippen LogP contribution in [0.15, 0.2) is 18.2 Å². The summed E-state index contributed by atoms with van der Waals surface area (Å²) in [6, 6.07) is 5.34. The zero-order chi connectivity index (χ0) is 11.1. The third-order valence-electron chi connectivity index (χ3n) is 3.07. The summed E-state index contributed by atoms with van der Waals surface area (Å²) in [6.07, 6.45) is 1.88. The van der Waals surface area contributed by atoms with Crippen LogP contribution in [-0.2, 0) is 4.74 Å². The van der Waals surface area contributed by atoms with Crippen LogP contribution in [0.25, 0.3) is 0 Å². The van der Waals surface area contributed by atoms with Gasteiger partial charge in [-0.2, -0.15) is 0 Å². The summed E-state index contributed by atoms with van der Waals surface area (Å²) in [6.45, 7) is 0.726. The van der Waals surface area contributed by atoms with Gasteiger partial charge in [-0.3, -0.25) is 14.9 Å². The Balaban J connectivity index is 2.13. The minimum absolute atomic E-state index is 0.0356. The number of rotatable bonds is 1. The molecule has 2 amide bonds. The molecule has 1 aromatic carbocycles. The number of carbonyl (C=O) groups excluding carboxylic acids is 2. The highest BCUT2D eigenvalue weighted by Crippen LogP contribution is 2.33. The van der Waals surface area contributed by atoms with Gasteiger partial charge in [-0.25, -0.2) is 0 Å². The summed E-state index contributed by atoms with van der Waals surface area (Å²) in [5, 5.41) is 2.31. The molecule has 1 atom stereocenters. The first kappa shape index (κ1) is 9.54. The molecule has 1 aromatic rings. The second-order valence-electron chi connectivity index (χ2n) is 4.05. The van der Waals surface area contributed by atoms with Crippen LogP contribution in [0, 0.1) is 0 Å². The molecule has 2 aliphatic rings. The molecular formula is C12H11NO3. The maximum atomic E-state index is 11.7. The van der Waals surface area contributed by atoms with Crippen molar-refractivity contribution in [1.29, 1.82) is 0 Å². The monoisotopic (exact) mass is 217 g/mol. The highest BCUT2D eigenvalue weighted by molar-refractivity contribution is 6.22. The Morgan fingerprint density at radius 1 is 1.25 bits per heavy atom. The Bertz CT molecular complexity index is 475. The molecule has 4 nitrogen and oxygen atoms in total. The lowest BCUT2D eigenvalue weighted by Gasteiger charge is -2.12. The quantitative estimate of drug-likeness (QED) is 0.724. The van der Waals surface area contributed by atoms with Gasteiger partial charge >= 0.3 is 0 Å². The van der Waals surface area contributed by atoms with Crippen molar-refractivity contribution in [2.75, 3.05) is 6.61 Å². The lowest BCUT2D eigenvalue weighted by Crippen LogP contribution is -2.20. The Morgan fingerprint density at radius 3 is 2.88 bits per heavy atom. The van der Waals surface area contributed by atoms with Crippen LogP contribution in [0.1, 0.15) is 45.2 Å². The number of amides is 2. The normalized spacial score (nSPS) is 23.4. The molecule has 3 rings (SSSR count). The van der Waals surface area contributed by atoms with E-state index in [4.69, 9.17) is 4.74 Å². The molecule has 0 aromatic heterocycles. The summed E-state index contributed by atoms with van der Waals surface area (Å²) in [4.78, 5) is 23.1.